The fourth-order valence-electron chi connectivity index (χ4n) is 2.23. The van der Waals surface area contributed by atoms with Crippen molar-refractivity contribution in [1.82, 2.24) is 9.55 Å². The van der Waals surface area contributed by atoms with E-state index in [1.54, 1.807) is 18.5 Å². The summed E-state index contributed by atoms with van der Waals surface area (Å²) in [4.78, 5) is 16.4. The van der Waals surface area contributed by atoms with Crippen molar-refractivity contribution >= 4 is 34.2 Å². The van der Waals surface area contributed by atoms with Gasteiger partial charge in [0.05, 0.1) is 34.5 Å². The van der Waals surface area contributed by atoms with Crippen molar-refractivity contribution in [3.63, 3.8) is 0 Å². The predicted octanol–water partition coefficient (Wildman–Crippen LogP) is 3.41. The standard InChI is InChI=1S/C16H14ClN3O/c1-20-10-18-14-8-11(6-7-15(14)20)9-16(21)19-13-5-3-2-4-12(13)17/h2-8,10H,9H2,1H3,(H,19,21). The van der Waals surface area contributed by atoms with Crippen LogP contribution in [0.25, 0.3) is 11.0 Å². The largest absolute Gasteiger partial charge is 0.334 e. The lowest BCUT2D eigenvalue weighted by atomic mass is 10.1. The summed E-state index contributed by atoms with van der Waals surface area (Å²) in [7, 11) is 1.94. The molecule has 0 saturated carbocycles. The van der Waals surface area contributed by atoms with Crippen LogP contribution in [-0.2, 0) is 18.3 Å². The van der Waals surface area contributed by atoms with E-state index in [1.807, 2.05) is 41.9 Å². The normalized spacial score (nSPS) is 10.8. The van der Waals surface area contributed by atoms with Crippen molar-refractivity contribution in [2.75, 3.05) is 5.32 Å². The van der Waals surface area contributed by atoms with Gasteiger partial charge in [0, 0.05) is 7.05 Å². The first-order valence-corrected chi connectivity index (χ1v) is 6.95. The van der Waals surface area contributed by atoms with Gasteiger partial charge >= 0.3 is 0 Å². The number of aromatic nitrogens is 2. The zero-order chi connectivity index (χ0) is 14.8. The second-order valence-electron chi connectivity index (χ2n) is 4.88. The van der Waals surface area contributed by atoms with Gasteiger partial charge in [-0.3, -0.25) is 4.79 Å². The summed E-state index contributed by atoms with van der Waals surface area (Å²) in [6, 6.07) is 13.0. The zero-order valence-corrected chi connectivity index (χ0v) is 12.3. The number of nitrogens with one attached hydrogen (secondary N) is 1. The maximum atomic E-state index is 12.1. The van der Waals surface area contributed by atoms with E-state index < -0.39 is 0 Å². The molecule has 1 amide bonds. The molecule has 1 aromatic heterocycles. The fraction of sp³-hybridized carbons (Fsp3) is 0.125. The summed E-state index contributed by atoms with van der Waals surface area (Å²) in [6.45, 7) is 0. The number of rotatable bonds is 3. The van der Waals surface area contributed by atoms with E-state index in [-0.39, 0.29) is 12.3 Å². The molecule has 0 radical (unpaired) electrons. The minimum Gasteiger partial charge on any atom is -0.334 e. The third kappa shape index (κ3) is 2.90. The maximum Gasteiger partial charge on any atom is 0.228 e. The molecule has 1 N–H and O–H groups in total. The number of para-hydroxylation sites is 1. The van der Waals surface area contributed by atoms with Crippen LogP contribution >= 0.6 is 11.6 Å². The first kappa shape index (κ1) is 13.6. The van der Waals surface area contributed by atoms with Crippen molar-refractivity contribution in [3.05, 3.63) is 59.4 Å². The van der Waals surface area contributed by atoms with Crippen molar-refractivity contribution in [2.45, 2.75) is 6.42 Å². The number of nitrogens with zero attached hydrogens (tertiary/aromatic N) is 2. The van der Waals surface area contributed by atoms with Gasteiger partial charge in [-0.15, -0.1) is 0 Å². The van der Waals surface area contributed by atoms with Crippen LogP contribution in [-0.4, -0.2) is 15.5 Å². The molecule has 0 aliphatic carbocycles. The molecule has 0 aliphatic heterocycles. The Labute approximate surface area is 127 Å². The molecule has 0 bridgehead atoms. The van der Waals surface area contributed by atoms with Gasteiger partial charge in [0.15, 0.2) is 0 Å². The molecule has 2 aromatic carbocycles. The number of imidazole rings is 1. The second-order valence-corrected chi connectivity index (χ2v) is 5.29. The monoisotopic (exact) mass is 299 g/mol. The lowest BCUT2D eigenvalue weighted by molar-refractivity contribution is -0.115. The Morgan fingerprint density at radius 2 is 2.10 bits per heavy atom. The van der Waals surface area contributed by atoms with E-state index in [4.69, 9.17) is 11.6 Å². The molecular weight excluding hydrogens is 286 g/mol. The first-order valence-electron chi connectivity index (χ1n) is 6.58. The van der Waals surface area contributed by atoms with Crippen LogP contribution in [0.1, 0.15) is 5.56 Å². The maximum absolute atomic E-state index is 12.1. The Balaban J connectivity index is 1.75. The fourth-order valence-corrected chi connectivity index (χ4v) is 2.42. The van der Waals surface area contributed by atoms with Gasteiger partial charge in [0.2, 0.25) is 5.91 Å². The average Bonchev–Trinajstić information content (AvgIpc) is 2.82. The summed E-state index contributed by atoms with van der Waals surface area (Å²) < 4.78 is 1.95. The van der Waals surface area contributed by atoms with E-state index >= 15 is 0 Å². The molecule has 0 atom stereocenters. The Bertz CT molecular complexity index is 810. The first-order chi connectivity index (χ1) is 10.1. The summed E-state index contributed by atoms with van der Waals surface area (Å²) in [6.07, 6.45) is 2.05. The molecule has 3 rings (SSSR count). The van der Waals surface area contributed by atoms with Gasteiger partial charge in [0.25, 0.3) is 0 Å². The molecule has 1 heterocycles. The smallest absolute Gasteiger partial charge is 0.228 e. The average molecular weight is 300 g/mol. The molecule has 0 fully saturated rings. The summed E-state index contributed by atoms with van der Waals surface area (Å²) >= 11 is 6.02. The van der Waals surface area contributed by atoms with E-state index in [0.717, 1.165) is 16.6 Å². The van der Waals surface area contributed by atoms with E-state index in [1.165, 1.54) is 0 Å². The minimum absolute atomic E-state index is 0.0987. The molecule has 3 aromatic rings. The quantitative estimate of drug-likeness (QED) is 0.805. The summed E-state index contributed by atoms with van der Waals surface area (Å²) in [5.41, 5.74) is 3.49. The van der Waals surface area contributed by atoms with Crippen LogP contribution in [0.4, 0.5) is 5.69 Å². The Kier molecular flexibility index (Phi) is 3.62. The Hall–Kier alpha value is -2.33. The lowest BCUT2D eigenvalue weighted by Crippen LogP contribution is -2.14. The molecule has 0 spiro atoms. The lowest BCUT2D eigenvalue weighted by Gasteiger charge is -2.07. The molecule has 0 aliphatic rings. The number of carbonyl (C=O) groups is 1. The second kappa shape index (κ2) is 5.58. The molecule has 4 nitrogen and oxygen atoms in total. The van der Waals surface area contributed by atoms with Gasteiger partial charge in [0.1, 0.15) is 0 Å². The summed E-state index contributed by atoms with van der Waals surface area (Å²) in [5, 5.41) is 3.35. The third-order valence-corrected chi connectivity index (χ3v) is 3.63. The van der Waals surface area contributed by atoms with Crippen LogP contribution in [0.15, 0.2) is 48.8 Å². The topological polar surface area (TPSA) is 46.9 Å². The predicted molar refractivity (Wildman–Crippen MR) is 84.5 cm³/mol. The zero-order valence-electron chi connectivity index (χ0n) is 11.5. The number of fused-ring (bicyclic) bond motifs is 1. The highest BCUT2D eigenvalue weighted by molar-refractivity contribution is 6.33. The number of hydrogen-bond donors (Lipinski definition) is 1. The van der Waals surface area contributed by atoms with E-state index in [9.17, 15) is 4.79 Å². The SMILES string of the molecule is Cn1cnc2cc(CC(=O)Nc3ccccc3Cl)ccc21. The van der Waals surface area contributed by atoms with Crippen LogP contribution in [0, 0.1) is 0 Å². The van der Waals surface area contributed by atoms with Gasteiger partial charge < -0.3 is 9.88 Å². The molecule has 0 saturated heterocycles. The van der Waals surface area contributed by atoms with Gasteiger partial charge in [-0.05, 0) is 29.8 Å². The number of anilines is 1. The molecular formula is C16H14ClN3O. The molecule has 106 valence electrons. The number of carbonyl (C=O) groups excluding carboxylic acids is 1. The molecule has 0 unspecified atom stereocenters. The van der Waals surface area contributed by atoms with Crippen molar-refractivity contribution < 1.29 is 4.79 Å². The van der Waals surface area contributed by atoms with Crippen LogP contribution in [0.3, 0.4) is 0 Å². The Morgan fingerprint density at radius 1 is 1.29 bits per heavy atom. The number of aryl methyl sites for hydroxylation is 1. The van der Waals surface area contributed by atoms with Crippen LogP contribution in [0.5, 0.6) is 0 Å². The van der Waals surface area contributed by atoms with Crippen LogP contribution in [0.2, 0.25) is 5.02 Å². The Morgan fingerprint density at radius 3 is 2.90 bits per heavy atom. The number of amides is 1. The number of benzene rings is 2. The summed E-state index contributed by atoms with van der Waals surface area (Å²) in [5.74, 6) is -0.0987. The van der Waals surface area contributed by atoms with Crippen LogP contribution < -0.4 is 5.32 Å². The van der Waals surface area contributed by atoms with E-state index in [0.29, 0.717) is 10.7 Å². The highest BCUT2D eigenvalue weighted by atomic mass is 35.5. The van der Waals surface area contributed by atoms with Gasteiger partial charge in [-0.1, -0.05) is 29.8 Å². The minimum atomic E-state index is -0.0987. The number of halogens is 1. The van der Waals surface area contributed by atoms with Gasteiger partial charge in [-0.25, -0.2) is 4.98 Å². The molecule has 21 heavy (non-hydrogen) atoms. The third-order valence-electron chi connectivity index (χ3n) is 3.30. The van der Waals surface area contributed by atoms with Crippen molar-refractivity contribution in [2.24, 2.45) is 7.05 Å². The number of hydrogen-bond acceptors (Lipinski definition) is 2. The van der Waals surface area contributed by atoms with E-state index in [2.05, 4.69) is 10.3 Å². The highest BCUT2D eigenvalue weighted by Crippen LogP contribution is 2.21. The van der Waals surface area contributed by atoms with Crippen molar-refractivity contribution in [1.29, 1.82) is 0 Å². The highest BCUT2D eigenvalue weighted by Gasteiger charge is 2.08. The van der Waals surface area contributed by atoms with Crippen molar-refractivity contribution in [3.8, 4) is 0 Å². The van der Waals surface area contributed by atoms with Gasteiger partial charge in [-0.2, -0.15) is 0 Å². The molecule has 5 heteroatoms.